The Morgan fingerprint density at radius 2 is 1.47 bits per heavy atom. The molecule has 0 saturated heterocycles. The molecule has 0 heterocycles. The number of halogens is 1. The summed E-state index contributed by atoms with van der Waals surface area (Å²) in [6, 6.07) is 5.96. The Labute approximate surface area is 220 Å². The first kappa shape index (κ1) is 38.0. The molecule has 0 aliphatic rings. The first-order valence-electron chi connectivity index (χ1n) is 13.3. The van der Waals surface area contributed by atoms with Gasteiger partial charge in [0.25, 0.3) is 5.91 Å². The third kappa shape index (κ3) is 19.7. The highest BCUT2D eigenvalue weighted by atomic mass is 19.1. The molecule has 0 bridgehead atoms. The zero-order valence-electron chi connectivity index (χ0n) is 24.8. The van der Waals surface area contributed by atoms with Crippen molar-refractivity contribution in [2.45, 2.75) is 88.0 Å². The van der Waals surface area contributed by atoms with Gasteiger partial charge in [-0.3, -0.25) is 9.59 Å². The normalized spacial score (nSPS) is 11.0. The Bertz CT molecular complexity index is 757. The fraction of sp³-hybridized carbons (Fsp3) is 0.621. The third-order valence-electron chi connectivity index (χ3n) is 4.25. The number of likely N-dealkylation sites (N-methyl/N-ethyl adjacent to an activating group) is 2. The Hall–Kier alpha value is -2.54. The van der Waals surface area contributed by atoms with Crippen LogP contribution in [0.5, 0.6) is 0 Å². The Morgan fingerprint density at radius 3 is 1.92 bits per heavy atom. The van der Waals surface area contributed by atoms with Gasteiger partial charge in [0.15, 0.2) is 0 Å². The van der Waals surface area contributed by atoms with Gasteiger partial charge in [-0.2, -0.15) is 0 Å². The molecule has 6 nitrogen and oxygen atoms in total. The molecule has 36 heavy (non-hydrogen) atoms. The van der Waals surface area contributed by atoms with E-state index in [2.05, 4.69) is 55.1 Å². The van der Waals surface area contributed by atoms with Crippen molar-refractivity contribution in [3.05, 3.63) is 46.9 Å². The van der Waals surface area contributed by atoms with E-state index in [-0.39, 0.29) is 24.0 Å². The Morgan fingerprint density at radius 1 is 0.972 bits per heavy atom. The van der Waals surface area contributed by atoms with Crippen LogP contribution >= 0.6 is 0 Å². The van der Waals surface area contributed by atoms with Crippen LogP contribution < -0.4 is 10.6 Å². The summed E-state index contributed by atoms with van der Waals surface area (Å²) in [5.74, 6) is -1.03. The van der Waals surface area contributed by atoms with E-state index in [1.807, 2.05) is 27.8 Å². The second-order valence-electron chi connectivity index (χ2n) is 8.19. The minimum atomic E-state index is -0.411. The number of rotatable bonds is 10. The number of unbranched alkanes of at least 4 members (excludes halogenated alkanes) is 1. The van der Waals surface area contributed by atoms with E-state index in [4.69, 9.17) is 0 Å². The van der Waals surface area contributed by atoms with Gasteiger partial charge in [0, 0.05) is 19.3 Å². The van der Waals surface area contributed by atoms with Gasteiger partial charge in [-0.1, -0.05) is 79.9 Å². The summed E-state index contributed by atoms with van der Waals surface area (Å²) >= 11 is 0. The molecule has 208 valence electrons. The highest BCUT2D eigenvalue weighted by molar-refractivity contribution is 6.04. The predicted octanol–water partition coefficient (Wildman–Crippen LogP) is 6.36. The maximum atomic E-state index is 13.2. The Balaban J connectivity index is -0.00000120. The highest BCUT2D eigenvalue weighted by Gasteiger charge is 2.15. The van der Waals surface area contributed by atoms with Crippen LogP contribution in [0.3, 0.4) is 0 Å². The highest BCUT2D eigenvalue weighted by Crippen LogP contribution is 2.12. The molecule has 0 aliphatic carbocycles. The van der Waals surface area contributed by atoms with Crippen molar-refractivity contribution in [2.24, 2.45) is 4.99 Å². The minimum absolute atomic E-state index is 0.122. The van der Waals surface area contributed by atoms with Gasteiger partial charge >= 0.3 is 0 Å². The molecule has 0 aromatic heterocycles. The van der Waals surface area contributed by atoms with Crippen molar-refractivity contribution in [1.29, 1.82) is 0 Å². The topological polar surface area (TPSA) is 73.8 Å². The fourth-order valence-electron chi connectivity index (χ4n) is 2.58. The molecule has 2 amide bonds. The van der Waals surface area contributed by atoms with Gasteiger partial charge in [-0.15, -0.1) is 0 Å². The summed E-state index contributed by atoms with van der Waals surface area (Å²) < 4.78 is 13.2. The molecular weight excluding hydrogens is 455 g/mol. The summed E-state index contributed by atoms with van der Waals surface area (Å²) in [4.78, 5) is 30.8. The van der Waals surface area contributed by atoms with Gasteiger partial charge in [0.2, 0.25) is 5.91 Å². The zero-order chi connectivity index (χ0) is 28.5. The summed E-state index contributed by atoms with van der Waals surface area (Å²) in [6.07, 6.45) is 4.66. The number of nitrogens with zero attached hydrogens (tertiary/aromatic N) is 2. The second-order valence-corrected chi connectivity index (χ2v) is 8.19. The van der Waals surface area contributed by atoms with Crippen LogP contribution in [0, 0.1) is 5.82 Å². The number of aliphatic imine (C=N–C) groups is 1. The van der Waals surface area contributed by atoms with Crippen LogP contribution in [0.1, 0.15) is 93.6 Å². The maximum absolute atomic E-state index is 13.2. The number of carbonyl (C=O) groups is 2. The monoisotopic (exact) mass is 508 g/mol. The quantitative estimate of drug-likeness (QED) is 0.285. The standard InChI is InChI=1S/C21H31FN4O2.2C3H8.C2H6/c1-6-7-12-26(5)14-15(2)20(21(28)24-13-19(27)23-4)25-16(3)17-8-10-18(22)11-9-17;2*1-3-2;1-2/h8-11H,6-7,12-14H2,1-5H3,(H,23,27)(H,24,28);2*3H2,1-2H3;1-2H3/b20-15+,25-16?;;;. The van der Waals surface area contributed by atoms with Gasteiger partial charge < -0.3 is 15.5 Å². The molecule has 7 heteroatoms. The summed E-state index contributed by atoms with van der Waals surface area (Å²) in [6.45, 7) is 19.6. The SMILES string of the molecule is CC.CCC.CCC.CCCCN(C)C/C(C)=C(/N=C(C)c1ccc(F)cc1)C(=O)NCC(=O)NC. The smallest absolute Gasteiger partial charge is 0.270 e. The Kier molecular flexibility index (Phi) is 27.0. The molecule has 1 rings (SSSR count). The van der Waals surface area contributed by atoms with Crippen molar-refractivity contribution in [2.75, 3.05) is 33.7 Å². The molecule has 0 aliphatic heterocycles. The summed E-state index contributed by atoms with van der Waals surface area (Å²) in [5.41, 5.74) is 2.40. The molecule has 0 radical (unpaired) electrons. The zero-order valence-corrected chi connectivity index (χ0v) is 24.8. The largest absolute Gasteiger partial charge is 0.358 e. The van der Waals surface area contributed by atoms with Gasteiger partial charge in [-0.25, -0.2) is 9.38 Å². The number of hydrogen-bond acceptors (Lipinski definition) is 4. The van der Waals surface area contributed by atoms with E-state index in [0.717, 1.165) is 30.5 Å². The van der Waals surface area contributed by atoms with Gasteiger partial charge in [-0.05, 0) is 57.1 Å². The fourth-order valence-corrected chi connectivity index (χ4v) is 2.58. The van der Waals surface area contributed by atoms with E-state index >= 15 is 0 Å². The number of nitrogens with one attached hydrogen (secondary N) is 2. The molecule has 0 unspecified atom stereocenters. The molecule has 0 fully saturated rings. The number of hydrogen-bond donors (Lipinski definition) is 2. The van der Waals surface area contributed by atoms with Gasteiger partial charge in [0.05, 0.1) is 6.54 Å². The lowest BCUT2D eigenvalue weighted by Crippen LogP contribution is -2.36. The first-order chi connectivity index (χ1) is 17.1. The van der Waals surface area contributed by atoms with E-state index in [1.165, 1.54) is 32.0 Å². The van der Waals surface area contributed by atoms with Crippen LogP contribution in [0.2, 0.25) is 0 Å². The molecule has 1 aromatic rings. The molecule has 0 spiro atoms. The molecular formula is C29H53FN4O2. The maximum Gasteiger partial charge on any atom is 0.270 e. The molecule has 0 atom stereocenters. The molecule has 2 N–H and O–H groups in total. The summed E-state index contributed by atoms with van der Waals surface area (Å²) in [5, 5.41) is 5.07. The minimum Gasteiger partial charge on any atom is -0.358 e. The van der Waals surface area contributed by atoms with Crippen molar-refractivity contribution in [3.63, 3.8) is 0 Å². The van der Waals surface area contributed by atoms with Crippen molar-refractivity contribution < 1.29 is 14.0 Å². The average Bonchev–Trinajstić information content (AvgIpc) is 2.86. The van der Waals surface area contributed by atoms with Crippen LogP contribution in [-0.4, -0.2) is 56.2 Å². The molecule has 0 saturated carbocycles. The second kappa shape index (κ2) is 25.5. The van der Waals surface area contributed by atoms with Crippen LogP contribution in [0.15, 0.2) is 40.5 Å². The lowest BCUT2D eigenvalue weighted by Gasteiger charge is -2.18. The number of benzene rings is 1. The van der Waals surface area contributed by atoms with Crippen LogP contribution in [-0.2, 0) is 9.59 Å². The van der Waals surface area contributed by atoms with E-state index in [0.29, 0.717) is 12.3 Å². The lowest BCUT2D eigenvalue weighted by molar-refractivity contribution is -0.124. The van der Waals surface area contributed by atoms with Crippen LogP contribution in [0.25, 0.3) is 0 Å². The average molecular weight is 509 g/mol. The van der Waals surface area contributed by atoms with Crippen molar-refractivity contribution >= 4 is 17.5 Å². The van der Waals surface area contributed by atoms with E-state index < -0.39 is 5.91 Å². The van der Waals surface area contributed by atoms with Crippen molar-refractivity contribution in [1.82, 2.24) is 15.5 Å². The lowest BCUT2D eigenvalue weighted by atomic mass is 10.1. The van der Waals surface area contributed by atoms with Gasteiger partial charge in [0.1, 0.15) is 11.5 Å². The third-order valence-corrected chi connectivity index (χ3v) is 4.25. The van der Waals surface area contributed by atoms with E-state index in [1.54, 1.807) is 19.1 Å². The summed E-state index contributed by atoms with van der Waals surface area (Å²) in [7, 11) is 3.51. The molecule has 1 aromatic carbocycles. The first-order valence-corrected chi connectivity index (χ1v) is 13.3. The van der Waals surface area contributed by atoms with Crippen molar-refractivity contribution in [3.8, 4) is 0 Å². The van der Waals surface area contributed by atoms with E-state index in [9.17, 15) is 14.0 Å². The van der Waals surface area contributed by atoms with Crippen LogP contribution in [0.4, 0.5) is 4.39 Å². The predicted molar refractivity (Wildman–Crippen MR) is 154 cm³/mol. The number of amides is 2. The number of carbonyl (C=O) groups excluding carboxylic acids is 2.